The number of carboxylic acid groups (broad SMARTS) is 1. The Balaban J connectivity index is 3.02. The van der Waals surface area contributed by atoms with Crippen molar-refractivity contribution >= 4 is 16.0 Å². The largest absolute Gasteiger partial charge is 0.478 e. The zero-order valence-electron chi connectivity index (χ0n) is 8.84. The maximum atomic E-state index is 11.6. The van der Waals surface area contributed by atoms with Crippen LogP contribution in [0.4, 0.5) is 0 Å². The molecule has 1 rings (SSSR count). The van der Waals surface area contributed by atoms with E-state index in [2.05, 4.69) is 4.83 Å². The number of sulfonamides is 1. The maximum absolute atomic E-state index is 11.6. The van der Waals surface area contributed by atoms with Crippen LogP contribution in [-0.2, 0) is 10.0 Å². The SMILES string of the molecule is CN(C)NS(=O)(=O)c1ccc(C(=O)O)cc1. The lowest BCUT2D eigenvalue weighted by molar-refractivity contribution is 0.0696. The average molecular weight is 244 g/mol. The van der Waals surface area contributed by atoms with Gasteiger partial charge in [-0.3, -0.25) is 0 Å². The van der Waals surface area contributed by atoms with Crippen LogP contribution in [0.15, 0.2) is 29.2 Å². The van der Waals surface area contributed by atoms with Crippen LogP contribution in [0.25, 0.3) is 0 Å². The van der Waals surface area contributed by atoms with Gasteiger partial charge in [-0.15, -0.1) is 4.83 Å². The third-order valence-electron chi connectivity index (χ3n) is 1.71. The maximum Gasteiger partial charge on any atom is 0.335 e. The Kier molecular flexibility index (Phi) is 3.63. The number of benzene rings is 1. The van der Waals surface area contributed by atoms with Crippen molar-refractivity contribution in [2.24, 2.45) is 0 Å². The van der Waals surface area contributed by atoms with E-state index in [1.807, 2.05) is 0 Å². The molecule has 0 fully saturated rings. The van der Waals surface area contributed by atoms with Crippen LogP contribution in [0.3, 0.4) is 0 Å². The van der Waals surface area contributed by atoms with Gasteiger partial charge in [0.05, 0.1) is 10.5 Å². The van der Waals surface area contributed by atoms with Gasteiger partial charge in [0.2, 0.25) is 0 Å². The molecule has 6 nitrogen and oxygen atoms in total. The third kappa shape index (κ3) is 3.02. The molecule has 0 aliphatic heterocycles. The topological polar surface area (TPSA) is 86.7 Å². The van der Waals surface area contributed by atoms with Crippen LogP contribution < -0.4 is 4.83 Å². The minimum atomic E-state index is -3.62. The Bertz CT molecular complexity index is 479. The van der Waals surface area contributed by atoms with Crippen LogP contribution in [0.1, 0.15) is 10.4 Å². The molecule has 0 bridgehead atoms. The number of hydrazine groups is 1. The Morgan fingerprint density at radius 2 is 1.75 bits per heavy atom. The average Bonchev–Trinajstić information content (AvgIpc) is 2.16. The molecule has 0 amide bonds. The summed E-state index contributed by atoms with van der Waals surface area (Å²) in [6.45, 7) is 0. The van der Waals surface area contributed by atoms with Crippen LogP contribution in [0.5, 0.6) is 0 Å². The molecular weight excluding hydrogens is 232 g/mol. The molecular formula is C9H12N2O4S. The van der Waals surface area contributed by atoms with Crippen molar-refractivity contribution in [3.05, 3.63) is 29.8 Å². The summed E-state index contributed by atoms with van der Waals surface area (Å²) in [5.41, 5.74) is 0.0452. The second-order valence-corrected chi connectivity index (χ2v) is 4.98. The number of hydrogen-bond donors (Lipinski definition) is 2. The summed E-state index contributed by atoms with van der Waals surface area (Å²) < 4.78 is 23.2. The molecule has 88 valence electrons. The first kappa shape index (κ1) is 12.6. The highest BCUT2D eigenvalue weighted by Crippen LogP contribution is 2.10. The lowest BCUT2D eigenvalue weighted by atomic mass is 10.2. The van der Waals surface area contributed by atoms with Crippen LogP contribution in [0.2, 0.25) is 0 Å². The zero-order valence-corrected chi connectivity index (χ0v) is 9.65. The summed E-state index contributed by atoms with van der Waals surface area (Å²) in [6.07, 6.45) is 0. The van der Waals surface area contributed by atoms with Gasteiger partial charge in [-0.25, -0.2) is 18.2 Å². The van der Waals surface area contributed by atoms with Crippen LogP contribution in [0, 0.1) is 0 Å². The van der Waals surface area contributed by atoms with Crippen molar-refractivity contribution in [1.29, 1.82) is 0 Å². The van der Waals surface area contributed by atoms with Gasteiger partial charge in [-0.2, -0.15) is 0 Å². The molecule has 0 atom stereocenters. The van der Waals surface area contributed by atoms with E-state index in [1.165, 1.54) is 29.3 Å². The Labute approximate surface area is 93.5 Å². The van der Waals surface area contributed by atoms with Crippen molar-refractivity contribution in [2.45, 2.75) is 4.90 Å². The minimum Gasteiger partial charge on any atom is -0.478 e. The zero-order chi connectivity index (χ0) is 12.3. The van der Waals surface area contributed by atoms with E-state index in [-0.39, 0.29) is 10.5 Å². The smallest absolute Gasteiger partial charge is 0.335 e. The molecule has 0 saturated heterocycles. The Hall–Kier alpha value is -1.44. The predicted molar refractivity (Wildman–Crippen MR) is 57.4 cm³/mol. The number of carboxylic acids is 1. The van der Waals surface area contributed by atoms with Gasteiger partial charge in [0.15, 0.2) is 0 Å². The fraction of sp³-hybridized carbons (Fsp3) is 0.222. The number of hydrogen-bond acceptors (Lipinski definition) is 4. The Morgan fingerprint density at radius 1 is 1.25 bits per heavy atom. The third-order valence-corrected chi connectivity index (χ3v) is 3.21. The molecule has 1 aromatic rings. The first-order chi connectivity index (χ1) is 7.33. The normalized spacial score (nSPS) is 11.7. The van der Waals surface area contributed by atoms with Crippen molar-refractivity contribution in [1.82, 2.24) is 9.84 Å². The van der Waals surface area contributed by atoms with E-state index in [1.54, 1.807) is 14.1 Å². The van der Waals surface area contributed by atoms with Gasteiger partial charge < -0.3 is 5.11 Å². The summed E-state index contributed by atoms with van der Waals surface area (Å²) in [4.78, 5) is 12.8. The summed E-state index contributed by atoms with van der Waals surface area (Å²) >= 11 is 0. The molecule has 0 unspecified atom stereocenters. The number of aromatic carboxylic acids is 1. The summed E-state index contributed by atoms with van der Waals surface area (Å²) in [6, 6.07) is 4.98. The number of rotatable bonds is 4. The monoisotopic (exact) mass is 244 g/mol. The van der Waals surface area contributed by atoms with Gasteiger partial charge in [-0.1, -0.05) is 0 Å². The molecule has 0 spiro atoms. The number of nitrogens with zero attached hydrogens (tertiary/aromatic N) is 1. The van der Waals surface area contributed by atoms with Crippen molar-refractivity contribution in [2.75, 3.05) is 14.1 Å². The van der Waals surface area contributed by atoms with Gasteiger partial charge in [0, 0.05) is 14.1 Å². The van der Waals surface area contributed by atoms with Crippen molar-refractivity contribution in [3.8, 4) is 0 Å². The quantitative estimate of drug-likeness (QED) is 0.736. The standard InChI is InChI=1S/C9H12N2O4S/c1-11(2)10-16(14,15)8-5-3-7(4-6-8)9(12)13/h3-6,10H,1-2H3,(H,12,13). The molecule has 0 aromatic heterocycles. The summed E-state index contributed by atoms with van der Waals surface area (Å²) in [5.74, 6) is -1.09. The van der Waals surface area contributed by atoms with E-state index >= 15 is 0 Å². The van der Waals surface area contributed by atoms with E-state index in [4.69, 9.17) is 5.11 Å². The van der Waals surface area contributed by atoms with E-state index in [0.29, 0.717) is 0 Å². The van der Waals surface area contributed by atoms with Crippen molar-refractivity contribution in [3.63, 3.8) is 0 Å². The molecule has 0 radical (unpaired) electrons. The highest BCUT2D eigenvalue weighted by atomic mass is 32.2. The lowest BCUT2D eigenvalue weighted by Crippen LogP contribution is -2.36. The first-order valence-corrected chi connectivity index (χ1v) is 5.84. The van der Waals surface area contributed by atoms with Gasteiger partial charge in [-0.05, 0) is 24.3 Å². The molecule has 0 heterocycles. The molecule has 0 aliphatic rings. The fourth-order valence-corrected chi connectivity index (χ4v) is 2.15. The highest BCUT2D eigenvalue weighted by molar-refractivity contribution is 7.89. The van der Waals surface area contributed by atoms with E-state index in [0.717, 1.165) is 0 Å². The Morgan fingerprint density at radius 3 is 2.12 bits per heavy atom. The first-order valence-electron chi connectivity index (χ1n) is 4.36. The molecule has 7 heteroatoms. The lowest BCUT2D eigenvalue weighted by Gasteiger charge is -2.12. The predicted octanol–water partition coefficient (Wildman–Crippen LogP) is 0.140. The second kappa shape index (κ2) is 4.60. The van der Waals surface area contributed by atoms with Crippen LogP contribution in [-0.4, -0.2) is 38.6 Å². The van der Waals surface area contributed by atoms with Gasteiger partial charge >= 0.3 is 5.97 Å². The van der Waals surface area contributed by atoms with E-state index in [9.17, 15) is 13.2 Å². The second-order valence-electron chi connectivity index (χ2n) is 3.32. The number of carbonyl (C=O) groups is 1. The summed E-state index contributed by atoms with van der Waals surface area (Å²) in [5, 5.41) is 9.94. The molecule has 0 aliphatic carbocycles. The molecule has 1 aromatic carbocycles. The fourth-order valence-electron chi connectivity index (χ4n) is 1.07. The van der Waals surface area contributed by atoms with Gasteiger partial charge in [0.1, 0.15) is 0 Å². The van der Waals surface area contributed by atoms with E-state index < -0.39 is 16.0 Å². The van der Waals surface area contributed by atoms with Gasteiger partial charge in [0.25, 0.3) is 10.0 Å². The number of nitrogens with one attached hydrogen (secondary N) is 1. The molecule has 2 N–H and O–H groups in total. The minimum absolute atomic E-state index is 0.0196. The highest BCUT2D eigenvalue weighted by Gasteiger charge is 2.15. The van der Waals surface area contributed by atoms with Crippen molar-refractivity contribution < 1.29 is 18.3 Å². The van der Waals surface area contributed by atoms with Crippen LogP contribution >= 0.6 is 0 Å². The molecule has 0 saturated carbocycles. The molecule has 16 heavy (non-hydrogen) atoms. The summed E-state index contributed by atoms with van der Waals surface area (Å²) in [7, 11) is -0.529.